The van der Waals surface area contributed by atoms with Crippen molar-refractivity contribution in [3.8, 4) is 0 Å². The fraction of sp³-hybridized carbons (Fsp3) is 0.500. The van der Waals surface area contributed by atoms with Gasteiger partial charge in [0, 0.05) is 27.0 Å². The van der Waals surface area contributed by atoms with Gasteiger partial charge in [-0.15, -0.1) is 0 Å². The number of hydrogen-bond acceptors (Lipinski definition) is 2. The molecule has 0 unspecified atom stereocenters. The van der Waals surface area contributed by atoms with Crippen molar-refractivity contribution >= 4 is 33.4 Å². The third-order valence-corrected chi connectivity index (χ3v) is 4.42. The lowest BCUT2D eigenvalue weighted by atomic mass is 9.87. The second-order valence-corrected chi connectivity index (χ2v) is 6.56. The molecule has 5 heteroatoms. The fourth-order valence-electron chi connectivity index (χ4n) is 2.57. The van der Waals surface area contributed by atoms with Crippen molar-refractivity contribution < 1.29 is 9.90 Å². The number of benzene rings is 1. The Morgan fingerprint density at radius 1 is 1.37 bits per heavy atom. The highest BCUT2D eigenvalue weighted by Crippen LogP contribution is 2.36. The summed E-state index contributed by atoms with van der Waals surface area (Å²) in [5, 5.41) is 12.9. The minimum Gasteiger partial charge on any atom is -0.396 e. The average Bonchev–Trinajstić information content (AvgIpc) is 2.84. The van der Waals surface area contributed by atoms with E-state index in [0.717, 1.165) is 30.2 Å². The van der Waals surface area contributed by atoms with Crippen molar-refractivity contribution in [1.82, 2.24) is 5.32 Å². The van der Waals surface area contributed by atoms with E-state index in [1.54, 1.807) is 18.2 Å². The molecule has 0 aromatic heterocycles. The van der Waals surface area contributed by atoms with Crippen LogP contribution < -0.4 is 5.32 Å². The van der Waals surface area contributed by atoms with Crippen LogP contribution in [0, 0.1) is 5.41 Å². The van der Waals surface area contributed by atoms with Gasteiger partial charge in [0.05, 0.1) is 6.61 Å². The summed E-state index contributed by atoms with van der Waals surface area (Å²) in [6.07, 6.45) is 4.20. The maximum atomic E-state index is 12.1. The summed E-state index contributed by atoms with van der Waals surface area (Å²) >= 11 is 9.24. The van der Waals surface area contributed by atoms with Crippen LogP contribution in [0.3, 0.4) is 0 Å². The first kappa shape index (κ1) is 14.8. The SMILES string of the molecule is O=C(NCC1(CO)CCCC1)c1cc(Cl)cc(Br)c1. The van der Waals surface area contributed by atoms with Crippen LogP contribution in [0.4, 0.5) is 0 Å². The van der Waals surface area contributed by atoms with Gasteiger partial charge in [-0.05, 0) is 31.0 Å². The lowest BCUT2D eigenvalue weighted by molar-refractivity contribution is 0.0880. The van der Waals surface area contributed by atoms with Gasteiger partial charge in [0.2, 0.25) is 0 Å². The highest BCUT2D eigenvalue weighted by molar-refractivity contribution is 9.10. The van der Waals surface area contributed by atoms with Crippen molar-refractivity contribution in [2.45, 2.75) is 25.7 Å². The van der Waals surface area contributed by atoms with Gasteiger partial charge in [0.15, 0.2) is 0 Å². The Kier molecular flexibility index (Phi) is 4.87. The number of rotatable bonds is 4. The van der Waals surface area contributed by atoms with Gasteiger partial charge in [0.1, 0.15) is 0 Å². The molecule has 0 saturated heterocycles. The summed E-state index contributed by atoms with van der Waals surface area (Å²) in [5.74, 6) is -0.150. The number of aliphatic hydroxyl groups is 1. The minimum atomic E-state index is -0.150. The van der Waals surface area contributed by atoms with Gasteiger partial charge >= 0.3 is 0 Å². The van der Waals surface area contributed by atoms with Crippen LogP contribution >= 0.6 is 27.5 Å². The van der Waals surface area contributed by atoms with Crippen molar-refractivity contribution in [3.05, 3.63) is 33.3 Å². The Balaban J connectivity index is 2.01. The third-order valence-electron chi connectivity index (χ3n) is 3.75. The molecule has 1 fully saturated rings. The molecule has 0 atom stereocenters. The van der Waals surface area contributed by atoms with Crippen LogP contribution in [-0.2, 0) is 0 Å². The fourth-order valence-corrected chi connectivity index (χ4v) is 3.43. The number of aliphatic hydroxyl groups excluding tert-OH is 1. The monoisotopic (exact) mass is 345 g/mol. The van der Waals surface area contributed by atoms with E-state index >= 15 is 0 Å². The van der Waals surface area contributed by atoms with E-state index in [1.807, 2.05) is 0 Å². The summed E-state index contributed by atoms with van der Waals surface area (Å²) in [5.41, 5.74) is 0.399. The van der Waals surface area contributed by atoms with Gasteiger partial charge in [-0.1, -0.05) is 40.4 Å². The largest absolute Gasteiger partial charge is 0.396 e. The number of hydrogen-bond donors (Lipinski definition) is 2. The van der Waals surface area contributed by atoms with E-state index in [2.05, 4.69) is 21.2 Å². The van der Waals surface area contributed by atoms with Crippen LogP contribution in [0.5, 0.6) is 0 Å². The zero-order chi connectivity index (χ0) is 13.9. The van der Waals surface area contributed by atoms with E-state index in [0.29, 0.717) is 17.1 Å². The highest BCUT2D eigenvalue weighted by Gasteiger charge is 2.33. The maximum absolute atomic E-state index is 12.1. The Hall–Kier alpha value is -0.580. The van der Waals surface area contributed by atoms with Gasteiger partial charge in [-0.3, -0.25) is 4.79 Å². The summed E-state index contributed by atoms with van der Waals surface area (Å²) < 4.78 is 0.780. The zero-order valence-electron chi connectivity index (χ0n) is 10.6. The summed E-state index contributed by atoms with van der Waals surface area (Å²) in [7, 11) is 0. The van der Waals surface area contributed by atoms with Crippen molar-refractivity contribution in [3.63, 3.8) is 0 Å². The van der Waals surface area contributed by atoms with Crippen LogP contribution in [0.1, 0.15) is 36.0 Å². The lowest BCUT2D eigenvalue weighted by Gasteiger charge is -2.26. The van der Waals surface area contributed by atoms with Gasteiger partial charge in [-0.25, -0.2) is 0 Å². The molecule has 19 heavy (non-hydrogen) atoms. The Bertz CT molecular complexity index is 452. The molecule has 0 spiro atoms. The van der Waals surface area contributed by atoms with E-state index in [9.17, 15) is 9.90 Å². The molecule has 1 aromatic rings. The lowest BCUT2D eigenvalue weighted by Crippen LogP contribution is -2.38. The normalized spacial score (nSPS) is 17.4. The van der Waals surface area contributed by atoms with Gasteiger partial charge < -0.3 is 10.4 Å². The Labute approximate surface area is 126 Å². The van der Waals surface area contributed by atoms with Gasteiger partial charge in [0.25, 0.3) is 5.91 Å². The van der Waals surface area contributed by atoms with E-state index in [1.165, 1.54) is 0 Å². The Morgan fingerprint density at radius 2 is 2.05 bits per heavy atom. The molecular weight excluding hydrogens is 330 g/mol. The molecule has 3 nitrogen and oxygen atoms in total. The first-order valence-electron chi connectivity index (χ1n) is 6.40. The summed E-state index contributed by atoms with van der Waals surface area (Å²) in [6.45, 7) is 0.652. The predicted octanol–water partition coefficient (Wildman–Crippen LogP) is 3.39. The molecule has 0 heterocycles. The molecule has 1 aliphatic rings. The minimum absolute atomic E-state index is 0.131. The third kappa shape index (κ3) is 3.71. The van der Waals surface area contributed by atoms with Crippen molar-refractivity contribution in [2.24, 2.45) is 5.41 Å². The quantitative estimate of drug-likeness (QED) is 0.878. The molecule has 1 amide bonds. The maximum Gasteiger partial charge on any atom is 0.251 e. The molecule has 104 valence electrons. The number of halogens is 2. The average molecular weight is 347 g/mol. The molecule has 1 aromatic carbocycles. The Morgan fingerprint density at radius 3 is 2.63 bits per heavy atom. The first-order chi connectivity index (χ1) is 9.04. The smallest absolute Gasteiger partial charge is 0.251 e. The molecule has 2 N–H and O–H groups in total. The zero-order valence-corrected chi connectivity index (χ0v) is 12.9. The van der Waals surface area contributed by atoms with Crippen LogP contribution in [0.15, 0.2) is 22.7 Å². The topological polar surface area (TPSA) is 49.3 Å². The molecule has 0 aliphatic heterocycles. The predicted molar refractivity (Wildman–Crippen MR) is 79.5 cm³/mol. The standard InChI is InChI=1S/C14H17BrClNO2/c15-11-5-10(6-12(16)7-11)13(19)17-8-14(9-18)3-1-2-4-14/h5-7,18H,1-4,8-9H2,(H,17,19). The molecular formula is C14H17BrClNO2. The summed E-state index contributed by atoms with van der Waals surface area (Å²) in [4.78, 5) is 12.1. The van der Waals surface area contributed by atoms with Crippen molar-refractivity contribution in [1.29, 1.82) is 0 Å². The van der Waals surface area contributed by atoms with Crippen molar-refractivity contribution in [2.75, 3.05) is 13.2 Å². The molecule has 0 bridgehead atoms. The van der Waals surface area contributed by atoms with Crippen LogP contribution in [0.2, 0.25) is 5.02 Å². The first-order valence-corrected chi connectivity index (χ1v) is 7.57. The molecule has 2 rings (SSSR count). The molecule has 1 aliphatic carbocycles. The number of carbonyl (C=O) groups is 1. The number of carbonyl (C=O) groups excluding carboxylic acids is 1. The second-order valence-electron chi connectivity index (χ2n) is 5.21. The summed E-state index contributed by atoms with van der Waals surface area (Å²) in [6, 6.07) is 5.12. The van der Waals surface area contributed by atoms with E-state index in [4.69, 9.17) is 11.6 Å². The highest BCUT2D eigenvalue weighted by atomic mass is 79.9. The second kappa shape index (κ2) is 6.25. The van der Waals surface area contributed by atoms with Crippen LogP contribution in [-0.4, -0.2) is 24.2 Å². The molecule has 0 radical (unpaired) electrons. The van der Waals surface area contributed by atoms with E-state index < -0.39 is 0 Å². The van der Waals surface area contributed by atoms with Gasteiger partial charge in [-0.2, -0.15) is 0 Å². The van der Waals surface area contributed by atoms with E-state index in [-0.39, 0.29) is 17.9 Å². The van der Waals surface area contributed by atoms with Crippen LogP contribution in [0.25, 0.3) is 0 Å². The number of nitrogens with one attached hydrogen (secondary N) is 1. The number of amides is 1. The molecule has 1 saturated carbocycles.